The fourth-order valence-corrected chi connectivity index (χ4v) is 5.07. The van der Waals surface area contributed by atoms with Crippen molar-refractivity contribution in [1.82, 2.24) is 5.43 Å². The molecule has 3 aliphatic rings. The predicted molar refractivity (Wildman–Crippen MR) is 72.5 cm³/mol. The van der Waals surface area contributed by atoms with Gasteiger partial charge in [-0.2, -0.15) is 0 Å². The minimum absolute atomic E-state index is 0.119. The monoisotopic (exact) mass is 260 g/mol. The Bertz CT molecular complexity index is 499. The molecule has 19 heavy (non-hydrogen) atoms. The number of halogens is 1. The van der Waals surface area contributed by atoms with E-state index in [1.807, 2.05) is 12.1 Å². The summed E-state index contributed by atoms with van der Waals surface area (Å²) in [5.74, 6) is 9.84. The van der Waals surface area contributed by atoms with E-state index >= 15 is 0 Å². The van der Waals surface area contributed by atoms with E-state index in [0.29, 0.717) is 11.5 Å². The zero-order valence-corrected chi connectivity index (χ0v) is 11.3. The lowest BCUT2D eigenvalue weighted by atomic mass is 9.93. The van der Waals surface area contributed by atoms with Gasteiger partial charge in [0.25, 0.3) is 0 Å². The van der Waals surface area contributed by atoms with Crippen LogP contribution in [0.1, 0.15) is 36.4 Å². The van der Waals surface area contributed by atoms with Crippen LogP contribution in [0.3, 0.4) is 0 Å². The van der Waals surface area contributed by atoms with Crippen molar-refractivity contribution in [2.24, 2.45) is 35.4 Å². The third-order valence-corrected chi connectivity index (χ3v) is 5.91. The summed E-state index contributed by atoms with van der Waals surface area (Å²) in [5.41, 5.74) is 4.68. The summed E-state index contributed by atoms with van der Waals surface area (Å²) in [7, 11) is 0. The van der Waals surface area contributed by atoms with E-state index in [2.05, 4.69) is 5.43 Å². The predicted octanol–water partition coefficient (Wildman–Crippen LogP) is 2.93. The van der Waals surface area contributed by atoms with Crippen LogP contribution in [0.5, 0.6) is 0 Å². The van der Waals surface area contributed by atoms with E-state index in [1.165, 1.54) is 19.3 Å². The van der Waals surface area contributed by atoms with Crippen molar-refractivity contribution in [3.63, 3.8) is 0 Å². The van der Waals surface area contributed by atoms with Crippen molar-refractivity contribution in [2.75, 3.05) is 0 Å². The molecule has 3 aliphatic carbocycles. The molecular formula is C16H21FN2. The van der Waals surface area contributed by atoms with Gasteiger partial charge in [0.05, 0.1) is 0 Å². The number of rotatable bonds is 3. The molecule has 2 bridgehead atoms. The molecule has 0 aromatic heterocycles. The minimum atomic E-state index is -0.119. The van der Waals surface area contributed by atoms with Gasteiger partial charge in [0.2, 0.25) is 0 Å². The highest BCUT2D eigenvalue weighted by atomic mass is 19.1. The molecule has 0 saturated heterocycles. The molecule has 5 unspecified atom stereocenters. The lowest BCUT2D eigenvalue weighted by Gasteiger charge is -2.20. The first kappa shape index (κ1) is 11.9. The van der Waals surface area contributed by atoms with Crippen molar-refractivity contribution in [1.29, 1.82) is 0 Å². The number of fused-ring (bicyclic) bond motifs is 5. The van der Waals surface area contributed by atoms with Crippen molar-refractivity contribution in [2.45, 2.75) is 32.2 Å². The van der Waals surface area contributed by atoms with Crippen molar-refractivity contribution in [3.8, 4) is 0 Å². The Hall–Kier alpha value is -0.930. The summed E-state index contributed by atoms with van der Waals surface area (Å²) >= 11 is 0. The SMILES string of the molecule is Cc1ccc(C(NN)C2C3C4CCC(C4)C32)cc1F. The van der Waals surface area contributed by atoms with Gasteiger partial charge in [-0.3, -0.25) is 11.3 Å². The van der Waals surface area contributed by atoms with Crippen LogP contribution in [0, 0.1) is 42.3 Å². The Morgan fingerprint density at radius 1 is 1.26 bits per heavy atom. The smallest absolute Gasteiger partial charge is 0.126 e. The average molecular weight is 260 g/mol. The highest BCUT2D eigenvalue weighted by molar-refractivity contribution is 5.29. The van der Waals surface area contributed by atoms with Gasteiger partial charge in [-0.15, -0.1) is 0 Å². The summed E-state index contributed by atoms with van der Waals surface area (Å²) in [5, 5.41) is 0. The Balaban J connectivity index is 1.61. The second-order valence-electron chi connectivity index (χ2n) is 6.72. The molecule has 2 nitrogen and oxygen atoms in total. The second kappa shape index (κ2) is 4.03. The van der Waals surface area contributed by atoms with Gasteiger partial charge in [-0.1, -0.05) is 12.1 Å². The molecule has 3 fully saturated rings. The lowest BCUT2D eigenvalue weighted by molar-refractivity contribution is 0.373. The Morgan fingerprint density at radius 3 is 2.53 bits per heavy atom. The van der Waals surface area contributed by atoms with Crippen LogP contribution < -0.4 is 11.3 Å². The van der Waals surface area contributed by atoms with E-state index in [9.17, 15) is 4.39 Å². The number of benzene rings is 1. The quantitative estimate of drug-likeness (QED) is 0.648. The number of hydrogen-bond donors (Lipinski definition) is 2. The highest BCUT2D eigenvalue weighted by Gasteiger charge is 2.66. The first-order valence-electron chi connectivity index (χ1n) is 7.43. The summed E-state index contributed by atoms with van der Waals surface area (Å²) in [6, 6.07) is 5.68. The Morgan fingerprint density at radius 2 is 1.95 bits per heavy atom. The number of nitrogens with one attached hydrogen (secondary N) is 1. The van der Waals surface area contributed by atoms with Gasteiger partial charge in [-0.05, 0) is 73.0 Å². The van der Waals surface area contributed by atoms with Crippen molar-refractivity contribution in [3.05, 3.63) is 35.1 Å². The Labute approximate surface area is 113 Å². The number of nitrogens with two attached hydrogens (primary N) is 1. The van der Waals surface area contributed by atoms with Gasteiger partial charge in [0.1, 0.15) is 5.82 Å². The minimum Gasteiger partial charge on any atom is -0.271 e. The maximum atomic E-state index is 13.7. The van der Waals surface area contributed by atoms with E-state index < -0.39 is 0 Å². The van der Waals surface area contributed by atoms with Gasteiger partial charge in [-0.25, -0.2) is 4.39 Å². The number of hydrazine groups is 1. The molecule has 1 aromatic rings. The number of aryl methyl sites for hydroxylation is 1. The van der Waals surface area contributed by atoms with Crippen LogP contribution in [-0.2, 0) is 0 Å². The fourth-order valence-electron chi connectivity index (χ4n) is 5.07. The maximum absolute atomic E-state index is 13.7. The van der Waals surface area contributed by atoms with Gasteiger partial charge >= 0.3 is 0 Å². The van der Waals surface area contributed by atoms with Crippen molar-refractivity contribution >= 4 is 0 Å². The zero-order chi connectivity index (χ0) is 13.1. The molecule has 0 aliphatic heterocycles. The van der Waals surface area contributed by atoms with Crippen LogP contribution in [0.2, 0.25) is 0 Å². The van der Waals surface area contributed by atoms with Gasteiger partial charge in [0, 0.05) is 6.04 Å². The first-order chi connectivity index (χ1) is 9.20. The molecule has 0 amide bonds. The largest absolute Gasteiger partial charge is 0.271 e. The first-order valence-corrected chi connectivity index (χ1v) is 7.43. The zero-order valence-electron chi connectivity index (χ0n) is 11.3. The maximum Gasteiger partial charge on any atom is 0.126 e. The number of hydrogen-bond acceptors (Lipinski definition) is 2. The summed E-state index contributed by atoms with van der Waals surface area (Å²) in [4.78, 5) is 0. The van der Waals surface area contributed by atoms with Crippen LogP contribution in [0.25, 0.3) is 0 Å². The third kappa shape index (κ3) is 1.61. The second-order valence-corrected chi connectivity index (χ2v) is 6.72. The fraction of sp³-hybridized carbons (Fsp3) is 0.625. The molecule has 5 atom stereocenters. The molecule has 3 saturated carbocycles. The molecule has 1 aromatic carbocycles. The molecule has 102 valence electrons. The van der Waals surface area contributed by atoms with Crippen LogP contribution in [0.15, 0.2) is 18.2 Å². The average Bonchev–Trinajstić information content (AvgIpc) is 2.82. The molecule has 3 N–H and O–H groups in total. The van der Waals surface area contributed by atoms with Crippen LogP contribution in [0.4, 0.5) is 4.39 Å². The summed E-state index contributed by atoms with van der Waals surface area (Å²) < 4.78 is 13.7. The standard InChI is InChI=1S/C16H21FN2/c1-8-2-3-11(7-12(8)17)16(19-18)15-13-9-4-5-10(6-9)14(13)15/h2-3,7,9-10,13-16,19H,4-6,18H2,1H3. The lowest BCUT2D eigenvalue weighted by Crippen LogP contribution is -2.31. The van der Waals surface area contributed by atoms with E-state index in [0.717, 1.165) is 29.2 Å². The van der Waals surface area contributed by atoms with Gasteiger partial charge in [0.15, 0.2) is 0 Å². The molecule has 0 heterocycles. The van der Waals surface area contributed by atoms with E-state index in [1.54, 1.807) is 13.0 Å². The molecular weight excluding hydrogens is 239 g/mol. The molecule has 0 radical (unpaired) electrons. The Kier molecular flexibility index (Phi) is 2.52. The van der Waals surface area contributed by atoms with E-state index in [-0.39, 0.29) is 11.9 Å². The van der Waals surface area contributed by atoms with Gasteiger partial charge < -0.3 is 0 Å². The van der Waals surface area contributed by atoms with Crippen molar-refractivity contribution < 1.29 is 4.39 Å². The van der Waals surface area contributed by atoms with E-state index in [4.69, 9.17) is 5.84 Å². The summed E-state index contributed by atoms with van der Waals surface area (Å²) in [6.07, 6.45) is 4.25. The topological polar surface area (TPSA) is 38.0 Å². The molecule has 0 spiro atoms. The molecule has 3 heteroatoms. The van der Waals surface area contributed by atoms with Crippen LogP contribution in [-0.4, -0.2) is 0 Å². The normalized spacial score (nSPS) is 40.3. The van der Waals surface area contributed by atoms with Crippen LogP contribution >= 0.6 is 0 Å². The third-order valence-electron chi connectivity index (χ3n) is 5.91. The molecule has 4 rings (SSSR count). The highest BCUT2D eigenvalue weighted by Crippen LogP contribution is 2.72. The summed E-state index contributed by atoms with van der Waals surface area (Å²) in [6.45, 7) is 1.80.